The first kappa shape index (κ1) is 13.0. The minimum absolute atomic E-state index is 0.141. The predicted octanol–water partition coefficient (Wildman–Crippen LogP) is 1.54. The fourth-order valence-electron chi connectivity index (χ4n) is 1.23. The molecule has 0 aliphatic carbocycles. The van der Waals surface area contributed by atoms with Crippen LogP contribution < -0.4 is 10.1 Å². The summed E-state index contributed by atoms with van der Waals surface area (Å²) in [6.45, 7) is 1.87. The van der Waals surface area contributed by atoms with E-state index in [-0.39, 0.29) is 24.8 Å². The number of amides is 1. The fraction of sp³-hybridized carbons (Fsp3) is 0.333. The molecule has 0 aliphatic rings. The zero-order chi connectivity index (χ0) is 12.7. The van der Waals surface area contributed by atoms with Crippen LogP contribution in [0.2, 0.25) is 0 Å². The quantitative estimate of drug-likeness (QED) is 0.789. The van der Waals surface area contributed by atoms with E-state index in [4.69, 9.17) is 10.00 Å². The van der Waals surface area contributed by atoms with E-state index in [0.29, 0.717) is 17.9 Å². The van der Waals surface area contributed by atoms with E-state index in [2.05, 4.69) is 5.32 Å². The number of ether oxygens (including phenoxy) is 1. The first-order chi connectivity index (χ1) is 8.13. The molecule has 0 radical (unpaired) electrons. The Hall–Kier alpha value is -2.09. The van der Waals surface area contributed by atoms with Crippen LogP contribution in [0.15, 0.2) is 18.2 Å². The Morgan fingerprint density at radius 2 is 2.35 bits per heavy atom. The van der Waals surface area contributed by atoms with Crippen LogP contribution >= 0.6 is 0 Å². The number of hydrogen-bond acceptors (Lipinski definition) is 3. The number of nitrogens with one attached hydrogen (secondary N) is 1. The monoisotopic (exact) mass is 236 g/mol. The average molecular weight is 236 g/mol. The molecular weight excluding hydrogens is 223 g/mol. The van der Waals surface area contributed by atoms with Crippen molar-refractivity contribution in [3.05, 3.63) is 29.6 Å². The highest BCUT2D eigenvalue weighted by Crippen LogP contribution is 2.17. The lowest BCUT2D eigenvalue weighted by Crippen LogP contribution is -2.29. The van der Waals surface area contributed by atoms with Crippen molar-refractivity contribution in [3.63, 3.8) is 0 Å². The second kappa shape index (κ2) is 6.48. The number of carbonyl (C=O) groups excluding carboxylic acids is 1. The summed E-state index contributed by atoms with van der Waals surface area (Å²) in [7, 11) is 0. The Balaban J connectivity index is 2.40. The molecule has 90 valence electrons. The lowest BCUT2D eigenvalue weighted by atomic mass is 10.2. The lowest BCUT2D eigenvalue weighted by molar-refractivity contribution is -0.123. The first-order valence-corrected chi connectivity index (χ1v) is 5.16. The number of aryl methyl sites for hydroxylation is 1. The van der Waals surface area contributed by atoms with Crippen molar-refractivity contribution in [2.45, 2.75) is 13.3 Å². The largest absolute Gasteiger partial charge is 0.484 e. The summed E-state index contributed by atoms with van der Waals surface area (Å²) < 4.78 is 18.0. The Kier molecular flexibility index (Phi) is 4.95. The van der Waals surface area contributed by atoms with Crippen molar-refractivity contribution in [1.82, 2.24) is 5.32 Å². The number of benzene rings is 1. The highest BCUT2D eigenvalue weighted by molar-refractivity contribution is 5.77. The van der Waals surface area contributed by atoms with Crippen LogP contribution in [0.25, 0.3) is 0 Å². The summed E-state index contributed by atoms with van der Waals surface area (Å²) >= 11 is 0. The molecule has 0 saturated carbocycles. The van der Waals surface area contributed by atoms with Gasteiger partial charge in [0.15, 0.2) is 6.61 Å². The van der Waals surface area contributed by atoms with Gasteiger partial charge in [-0.05, 0) is 30.7 Å². The molecule has 1 rings (SSSR count). The van der Waals surface area contributed by atoms with Crippen molar-refractivity contribution < 1.29 is 13.9 Å². The standard InChI is InChI=1S/C12H13FN2O2/c1-9-7-10(13)3-4-11(9)17-8-12(16)15-6-2-5-14/h3-4,7H,2,6,8H2,1H3,(H,15,16). The van der Waals surface area contributed by atoms with Gasteiger partial charge in [-0.25, -0.2) is 4.39 Å². The fourth-order valence-corrected chi connectivity index (χ4v) is 1.23. The van der Waals surface area contributed by atoms with Crippen molar-refractivity contribution in [1.29, 1.82) is 5.26 Å². The van der Waals surface area contributed by atoms with Gasteiger partial charge in [0.1, 0.15) is 11.6 Å². The van der Waals surface area contributed by atoms with Gasteiger partial charge in [0, 0.05) is 6.54 Å². The predicted molar refractivity (Wildman–Crippen MR) is 59.9 cm³/mol. The van der Waals surface area contributed by atoms with Crippen molar-refractivity contribution in [2.24, 2.45) is 0 Å². The van der Waals surface area contributed by atoms with Crippen molar-refractivity contribution in [2.75, 3.05) is 13.2 Å². The molecule has 0 atom stereocenters. The average Bonchev–Trinajstić information content (AvgIpc) is 2.28. The van der Waals surface area contributed by atoms with Crippen LogP contribution in [0.5, 0.6) is 5.75 Å². The van der Waals surface area contributed by atoms with Gasteiger partial charge in [-0.3, -0.25) is 4.79 Å². The maximum Gasteiger partial charge on any atom is 0.257 e. The maximum absolute atomic E-state index is 12.8. The molecule has 0 saturated heterocycles. The molecule has 1 amide bonds. The summed E-state index contributed by atoms with van der Waals surface area (Å²) in [6.07, 6.45) is 0.265. The molecule has 5 heteroatoms. The molecule has 1 N–H and O–H groups in total. The summed E-state index contributed by atoms with van der Waals surface area (Å²) in [5.41, 5.74) is 0.634. The third kappa shape index (κ3) is 4.51. The van der Waals surface area contributed by atoms with Gasteiger partial charge in [-0.2, -0.15) is 5.26 Å². The summed E-state index contributed by atoms with van der Waals surface area (Å²) in [6, 6.07) is 6.00. The highest BCUT2D eigenvalue weighted by Gasteiger charge is 2.04. The second-order valence-electron chi connectivity index (χ2n) is 3.46. The summed E-state index contributed by atoms with van der Waals surface area (Å²) in [5.74, 6) is -0.167. The SMILES string of the molecule is Cc1cc(F)ccc1OCC(=O)NCCC#N. The molecule has 1 aromatic rings. The minimum atomic E-state index is -0.340. The Morgan fingerprint density at radius 1 is 1.59 bits per heavy atom. The number of carbonyl (C=O) groups is 1. The van der Waals surface area contributed by atoms with Crippen molar-refractivity contribution >= 4 is 5.91 Å². The Morgan fingerprint density at radius 3 is 3.00 bits per heavy atom. The molecule has 0 bridgehead atoms. The van der Waals surface area contributed by atoms with Gasteiger partial charge in [-0.1, -0.05) is 0 Å². The van der Waals surface area contributed by atoms with Crippen LogP contribution in [0.4, 0.5) is 4.39 Å². The van der Waals surface area contributed by atoms with E-state index < -0.39 is 0 Å². The van der Waals surface area contributed by atoms with Gasteiger partial charge in [0.05, 0.1) is 12.5 Å². The molecule has 0 unspecified atom stereocenters. The first-order valence-electron chi connectivity index (χ1n) is 5.16. The van der Waals surface area contributed by atoms with E-state index in [1.165, 1.54) is 18.2 Å². The van der Waals surface area contributed by atoms with E-state index in [1.807, 2.05) is 6.07 Å². The summed E-state index contributed by atoms with van der Waals surface area (Å²) in [4.78, 5) is 11.2. The van der Waals surface area contributed by atoms with Crippen LogP contribution in [0.1, 0.15) is 12.0 Å². The zero-order valence-corrected chi connectivity index (χ0v) is 9.50. The molecule has 4 nitrogen and oxygen atoms in total. The lowest BCUT2D eigenvalue weighted by Gasteiger charge is -2.08. The number of hydrogen-bond donors (Lipinski definition) is 1. The molecule has 0 aromatic heterocycles. The number of halogens is 1. The van der Waals surface area contributed by atoms with Crippen LogP contribution in [0, 0.1) is 24.1 Å². The normalized spacial score (nSPS) is 9.47. The number of rotatable bonds is 5. The smallest absolute Gasteiger partial charge is 0.257 e. The van der Waals surface area contributed by atoms with Gasteiger partial charge in [0.25, 0.3) is 5.91 Å². The Labute approximate surface area is 99.0 Å². The minimum Gasteiger partial charge on any atom is -0.484 e. The van der Waals surface area contributed by atoms with E-state index in [1.54, 1.807) is 6.92 Å². The number of nitriles is 1. The highest BCUT2D eigenvalue weighted by atomic mass is 19.1. The van der Waals surface area contributed by atoms with Crippen molar-refractivity contribution in [3.8, 4) is 11.8 Å². The van der Waals surface area contributed by atoms with Gasteiger partial charge >= 0.3 is 0 Å². The zero-order valence-electron chi connectivity index (χ0n) is 9.50. The van der Waals surface area contributed by atoms with Gasteiger partial charge < -0.3 is 10.1 Å². The third-order valence-electron chi connectivity index (χ3n) is 2.05. The summed E-state index contributed by atoms with van der Waals surface area (Å²) in [5, 5.41) is 10.8. The van der Waals surface area contributed by atoms with E-state index in [0.717, 1.165) is 0 Å². The molecule has 0 heterocycles. The van der Waals surface area contributed by atoms with Crippen LogP contribution in [0.3, 0.4) is 0 Å². The molecule has 0 spiro atoms. The maximum atomic E-state index is 12.8. The van der Waals surface area contributed by atoms with Crippen LogP contribution in [-0.4, -0.2) is 19.1 Å². The molecule has 1 aromatic carbocycles. The Bertz CT molecular complexity index is 441. The molecular formula is C12H13FN2O2. The third-order valence-corrected chi connectivity index (χ3v) is 2.05. The van der Waals surface area contributed by atoms with Crippen LogP contribution in [-0.2, 0) is 4.79 Å². The molecule has 0 fully saturated rings. The molecule has 0 aliphatic heterocycles. The second-order valence-corrected chi connectivity index (χ2v) is 3.46. The number of nitrogens with zero attached hydrogens (tertiary/aromatic N) is 1. The topological polar surface area (TPSA) is 62.1 Å². The van der Waals surface area contributed by atoms with E-state index in [9.17, 15) is 9.18 Å². The molecule has 17 heavy (non-hydrogen) atoms. The van der Waals surface area contributed by atoms with E-state index >= 15 is 0 Å². The van der Waals surface area contributed by atoms with Gasteiger partial charge in [0.2, 0.25) is 0 Å². The van der Waals surface area contributed by atoms with Gasteiger partial charge in [-0.15, -0.1) is 0 Å².